The summed E-state index contributed by atoms with van der Waals surface area (Å²) >= 11 is 0. The first kappa shape index (κ1) is 15.8. The summed E-state index contributed by atoms with van der Waals surface area (Å²) in [6.07, 6.45) is 2.46. The zero-order chi connectivity index (χ0) is 17.9. The number of pyridine rings is 1. The van der Waals surface area contributed by atoms with Crippen LogP contribution in [0, 0.1) is 0 Å². The van der Waals surface area contributed by atoms with E-state index in [9.17, 15) is 9.90 Å². The van der Waals surface area contributed by atoms with Gasteiger partial charge in [-0.15, -0.1) is 10.2 Å². The Bertz CT molecular complexity index is 1070. The van der Waals surface area contributed by atoms with Crippen molar-refractivity contribution in [2.75, 3.05) is 5.32 Å². The third-order valence-corrected chi connectivity index (χ3v) is 4.11. The average molecular weight is 344 g/mol. The van der Waals surface area contributed by atoms with Crippen LogP contribution in [-0.2, 0) is 6.42 Å². The summed E-state index contributed by atoms with van der Waals surface area (Å²) in [5.74, 6) is 0.415. The smallest absolute Gasteiger partial charge is 0.259 e. The molecule has 1 amide bonds. The minimum Gasteiger partial charge on any atom is -0.506 e. The van der Waals surface area contributed by atoms with Gasteiger partial charge in [0.25, 0.3) is 5.91 Å². The van der Waals surface area contributed by atoms with Gasteiger partial charge in [-0.25, -0.2) is 0 Å². The summed E-state index contributed by atoms with van der Waals surface area (Å²) in [4.78, 5) is 12.6. The summed E-state index contributed by atoms with van der Waals surface area (Å²) in [5.41, 5.74) is 2.34. The Morgan fingerprint density at radius 3 is 2.54 bits per heavy atom. The van der Waals surface area contributed by atoms with Gasteiger partial charge >= 0.3 is 0 Å². The van der Waals surface area contributed by atoms with E-state index >= 15 is 0 Å². The lowest BCUT2D eigenvalue weighted by Crippen LogP contribution is -2.13. The van der Waals surface area contributed by atoms with Crippen molar-refractivity contribution >= 4 is 17.2 Å². The quantitative estimate of drug-likeness (QED) is 0.557. The van der Waals surface area contributed by atoms with E-state index in [1.165, 1.54) is 6.07 Å². The van der Waals surface area contributed by atoms with Crippen molar-refractivity contribution < 1.29 is 9.90 Å². The number of phenols is 1. The number of nitrogens with one attached hydrogen (secondary N) is 1. The molecule has 6 heteroatoms. The molecule has 4 aromatic rings. The van der Waals surface area contributed by atoms with Crippen LogP contribution in [0.5, 0.6) is 5.75 Å². The highest BCUT2D eigenvalue weighted by Gasteiger charge is 2.16. The number of nitrogens with zero attached hydrogens (tertiary/aromatic N) is 3. The summed E-state index contributed by atoms with van der Waals surface area (Å²) in [6.45, 7) is 0. The molecule has 2 aromatic heterocycles. The molecule has 0 fully saturated rings. The number of hydrogen-bond donors (Lipinski definition) is 2. The number of aromatic hydroxyl groups is 1. The number of amides is 1. The van der Waals surface area contributed by atoms with Crippen LogP contribution >= 0.6 is 0 Å². The molecule has 0 aliphatic carbocycles. The Hall–Kier alpha value is -3.67. The molecule has 2 aromatic carbocycles. The van der Waals surface area contributed by atoms with Gasteiger partial charge in [-0.05, 0) is 29.8 Å². The van der Waals surface area contributed by atoms with Gasteiger partial charge in [-0.3, -0.25) is 9.20 Å². The summed E-state index contributed by atoms with van der Waals surface area (Å²) in [6, 6.07) is 20.0. The number of carbonyl (C=O) groups excluding carboxylic acids is 1. The van der Waals surface area contributed by atoms with E-state index in [-0.39, 0.29) is 11.7 Å². The maximum absolute atomic E-state index is 12.6. The monoisotopic (exact) mass is 344 g/mol. The zero-order valence-electron chi connectivity index (χ0n) is 13.8. The van der Waals surface area contributed by atoms with Crippen molar-refractivity contribution in [1.82, 2.24) is 14.6 Å². The number of anilines is 1. The van der Waals surface area contributed by atoms with Gasteiger partial charge in [-0.1, -0.05) is 42.5 Å². The van der Waals surface area contributed by atoms with Crippen molar-refractivity contribution in [2.45, 2.75) is 6.42 Å². The largest absolute Gasteiger partial charge is 0.506 e. The Kier molecular flexibility index (Phi) is 4.07. The second kappa shape index (κ2) is 6.68. The van der Waals surface area contributed by atoms with Crippen molar-refractivity contribution in [1.29, 1.82) is 0 Å². The first-order valence-electron chi connectivity index (χ1n) is 8.18. The third kappa shape index (κ3) is 3.00. The SMILES string of the molecule is O=C(Nc1ccccc1O)c1cccn2c(Cc3ccccc3)nnc12. The molecule has 0 aliphatic rings. The van der Waals surface area contributed by atoms with E-state index in [1.54, 1.807) is 30.3 Å². The molecule has 0 saturated carbocycles. The molecule has 6 nitrogen and oxygen atoms in total. The molecule has 0 unspecified atom stereocenters. The van der Waals surface area contributed by atoms with E-state index < -0.39 is 0 Å². The van der Waals surface area contributed by atoms with Gasteiger partial charge in [0, 0.05) is 12.6 Å². The van der Waals surface area contributed by atoms with E-state index in [4.69, 9.17) is 0 Å². The van der Waals surface area contributed by atoms with Crippen LogP contribution in [0.2, 0.25) is 0 Å². The number of phenolic OH excluding ortho intramolecular Hbond substituents is 1. The van der Waals surface area contributed by atoms with Crippen LogP contribution in [-0.4, -0.2) is 25.6 Å². The highest BCUT2D eigenvalue weighted by Crippen LogP contribution is 2.23. The first-order valence-corrected chi connectivity index (χ1v) is 8.18. The summed E-state index contributed by atoms with van der Waals surface area (Å²) < 4.78 is 1.81. The topological polar surface area (TPSA) is 79.5 Å². The predicted molar refractivity (Wildman–Crippen MR) is 98.3 cm³/mol. The van der Waals surface area contributed by atoms with Crippen molar-refractivity contribution in [3.63, 3.8) is 0 Å². The molecule has 128 valence electrons. The van der Waals surface area contributed by atoms with Crippen LogP contribution in [0.1, 0.15) is 21.7 Å². The lowest BCUT2D eigenvalue weighted by Gasteiger charge is -2.08. The van der Waals surface area contributed by atoms with Gasteiger partial charge in [0.2, 0.25) is 0 Å². The predicted octanol–water partition coefficient (Wildman–Crippen LogP) is 3.28. The molecule has 0 bridgehead atoms. The van der Waals surface area contributed by atoms with Gasteiger partial charge in [0.05, 0.1) is 11.3 Å². The van der Waals surface area contributed by atoms with Crippen molar-refractivity contribution in [2.24, 2.45) is 0 Å². The highest BCUT2D eigenvalue weighted by atomic mass is 16.3. The molecule has 2 N–H and O–H groups in total. The lowest BCUT2D eigenvalue weighted by molar-refractivity contribution is 0.102. The van der Waals surface area contributed by atoms with Crippen molar-refractivity contribution in [3.05, 3.63) is 89.9 Å². The zero-order valence-corrected chi connectivity index (χ0v) is 13.8. The maximum atomic E-state index is 12.6. The van der Waals surface area contributed by atoms with E-state index in [1.807, 2.05) is 40.9 Å². The molecular formula is C20H16N4O2. The van der Waals surface area contributed by atoms with Gasteiger partial charge in [0.1, 0.15) is 11.6 Å². The van der Waals surface area contributed by atoms with Crippen LogP contribution in [0.25, 0.3) is 5.65 Å². The number of benzene rings is 2. The fourth-order valence-corrected chi connectivity index (χ4v) is 2.81. The van der Waals surface area contributed by atoms with E-state index in [0.717, 1.165) is 11.4 Å². The maximum Gasteiger partial charge on any atom is 0.259 e. The van der Waals surface area contributed by atoms with Gasteiger partial charge < -0.3 is 10.4 Å². The number of aromatic nitrogens is 3. The Balaban J connectivity index is 1.66. The fourth-order valence-electron chi connectivity index (χ4n) is 2.81. The normalized spacial score (nSPS) is 10.8. The van der Waals surface area contributed by atoms with Gasteiger partial charge in [-0.2, -0.15) is 0 Å². The Labute approximate surface area is 149 Å². The molecule has 0 spiro atoms. The second-order valence-corrected chi connectivity index (χ2v) is 5.87. The molecule has 0 radical (unpaired) electrons. The average Bonchev–Trinajstić information content (AvgIpc) is 3.07. The molecule has 0 atom stereocenters. The van der Waals surface area contributed by atoms with Gasteiger partial charge in [0.15, 0.2) is 5.65 Å². The van der Waals surface area contributed by atoms with E-state index in [2.05, 4.69) is 15.5 Å². The number of para-hydroxylation sites is 2. The highest BCUT2D eigenvalue weighted by molar-refractivity contribution is 6.08. The van der Waals surface area contributed by atoms with Crippen LogP contribution < -0.4 is 5.32 Å². The van der Waals surface area contributed by atoms with Crippen molar-refractivity contribution in [3.8, 4) is 5.75 Å². The van der Waals surface area contributed by atoms with Crippen LogP contribution in [0.4, 0.5) is 5.69 Å². The molecule has 0 aliphatic heterocycles. The number of hydrogen-bond acceptors (Lipinski definition) is 4. The minimum absolute atomic E-state index is 0.0130. The second-order valence-electron chi connectivity index (χ2n) is 5.87. The number of rotatable bonds is 4. The Morgan fingerprint density at radius 1 is 0.962 bits per heavy atom. The minimum atomic E-state index is -0.351. The standard InChI is InChI=1S/C20H16N4O2/c25-17-11-5-4-10-16(17)21-20(26)15-9-6-12-24-18(22-23-19(15)24)13-14-7-2-1-3-8-14/h1-12,25H,13H2,(H,21,26). The van der Waals surface area contributed by atoms with Crippen LogP contribution in [0.15, 0.2) is 72.9 Å². The fraction of sp³-hybridized carbons (Fsp3) is 0.0500. The molecule has 4 rings (SSSR count). The molecular weight excluding hydrogens is 328 g/mol. The summed E-state index contributed by atoms with van der Waals surface area (Å²) in [5, 5.41) is 21.0. The number of fused-ring (bicyclic) bond motifs is 1. The van der Waals surface area contributed by atoms with Crippen LogP contribution in [0.3, 0.4) is 0 Å². The molecule has 0 saturated heterocycles. The number of carbonyl (C=O) groups is 1. The lowest BCUT2D eigenvalue weighted by atomic mass is 10.1. The molecule has 26 heavy (non-hydrogen) atoms. The van der Waals surface area contributed by atoms with E-state index in [0.29, 0.717) is 23.3 Å². The molecule has 2 heterocycles. The third-order valence-electron chi connectivity index (χ3n) is 4.11. The summed E-state index contributed by atoms with van der Waals surface area (Å²) in [7, 11) is 0. The Morgan fingerprint density at radius 2 is 1.73 bits per heavy atom. The first-order chi connectivity index (χ1) is 12.7.